The quantitative estimate of drug-likeness (QED) is 0.360. The Balaban J connectivity index is 1.29. The van der Waals surface area contributed by atoms with Crippen molar-refractivity contribution >= 4 is 23.5 Å². The van der Waals surface area contributed by atoms with Crippen LogP contribution in [-0.4, -0.2) is 93.9 Å². The normalized spacial score (nSPS) is 46.1. The number of fused-ring (bicyclic) bond motifs is 8. The Kier molecular flexibility index (Phi) is 10.8. The third-order valence-electron chi connectivity index (χ3n) is 12.6. The van der Waals surface area contributed by atoms with Gasteiger partial charge in [0.15, 0.2) is 12.1 Å². The Morgan fingerprint density at radius 1 is 0.917 bits per heavy atom. The summed E-state index contributed by atoms with van der Waals surface area (Å²) in [7, 11) is 4.87. The lowest BCUT2D eigenvalue weighted by Crippen LogP contribution is -2.59. The molecule has 0 amide bonds. The number of esters is 2. The van der Waals surface area contributed by atoms with Crippen LogP contribution >= 0.6 is 0 Å². The van der Waals surface area contributed by atoms with Gasteiger partial charge in [-0.3, -0.25) is 19.2 Å². The first kappa shape index (κ1) is 35.6. The number of methoxy groups -OCH3 is 3. The van der Waals surface area contributed by atoms with Gasteiger partial charge in [0.2, 0.25) is 0 Å². The van der Waals surface area contributed by atoms with Gasteiger partial charge in [0.1, 0.15) is 36.3 Å². The molecule has 5 fully saturated rings. The number of Topliss-reactive ketones (excluding diaryl/α,β-unsaturated/α-hetero) is 2. The third-order valence-corrected chi connectivity index (χ3v) is 12.6. The van der Waals surface area contributed by atoms with Crippen LogP contribution in [0, 0.1) is 47.3 Å². The van der Waals surface area contributed by atoms with Crippen molar-refractivity contribution < 1.29 is 52.3 Å². The van der Waals surface area contributed by atoms with Crippen molar-refractivity contribution in [2.24, 2.45) is 47.3 Å². The van der Waals surface area contributed by atoms with E-state index in [4.69, 9.17) is 33.2 Å². The largest absolute Gasteiger partial charge is 0.462 e. The maximum atomic E-state index is 14.3. The van der Waals surface area contributed by atoms with Crippen LogP contribution < -0.4 is 0 Å². The van der Waals surface area contributed by atoms with Crippen molar-refractivity contribution in [1.82, 2.24) is 0 Å². The van der Waals surface area contributed by atoms with Crippen molar-refractivity contribution in [1.29, 1.82) is 0 Å². The number of hydrogen-bond donors (Lipinski definition) is 0. The van der Waals surface area contributed by atoms with E-state index in [1.54, 1.807) is 21.3 Å². The minimum atomic E-state index is -0.672. The first-order chi connectivity index (χ1) is 23.0. The zero-order valence-electron chi connectivity index (χ0n) is 29.5. The Labute approximate surface area is 284 Å². The molecule has 0 aromatic carbocycles. The molecule has 2 heterocycles. The van der Waals surface area contributed by atoms with Crippen LogP contribution in [0.3, 0.4) is 0 Å². The summed E-state index contributed by atoms with van der Waals surface area (Å²) in [6.45, 7) is 7.15. The zero-order valence-corrected chi connectivity index (χ0v) is 29.5. The summed E-state index contributed by atoms with van der Waals surface area (Å²) in [6.07, 6.45) is 3.53. The van der Waals surface area contributed by atoms with Crippen LogP contribution in [0.25, 0.3) is 0 Å². The molecule has 0 spiro atoms. The number of allylic oxidation sites excluding steroid dienone is 2. The first-order valence-electron chi connectivity index (χ1n) is 18.1. The molecule has 0 radical (unpaired) electrons. The van der Waals surface area contributed by atoms with Crippen LogP contribution in [-0.2, 0) is 52.3 Å². The molecule has 16 atom stereocenters. The highest BCUT2D eigenvalue weighted by molar-refractivity contribution is 5.99. The minimum absolute atomic E-state index is 0.0143. The lowest BCUT2D eigenvalue weighted by atomic mass is 9.49. The van der Waals surface area contributed by atoms with Crippen molar-refractivity contribution in [2.75, 3.05) is 21.3 Å². The number of hydrogen-bond acceptors (Lipinski definition) is 11. The second-order valence-corrected chi connectivity index (χ2v) is 15.1. The standard InChI is InChI=1S/C37H54O11/c1-8-20-10-9-11-29(46-19(4)38)17(2)33(41)26-14-24-22-12-21(48-37-36(44-7)35(43-6)34(42-5)18(3)45-37)13-23(22)32-27(15-28(32)39)31(24)25(26)16-30(40)47-20/h14,17-18,20-25,27,29,31-32,34-37H,8-13,15-16H2,1-7H3/t17-,18?,20+,21+,22-,23-,24+,25-,27-,29+,31-,32+,34+,35?,36+,37+/m1/s1. The zero-order chi connectivity index (χ0) is 34.4. The summed E-state index contributed by atoms with van der Waals surface area (Å²) in [5, 5.41) is 0. The van der Waals surface area contributed by atoms with Crippen LogP contribution in [0.15, 0.2) is 11.6 Å². The number of carbonyl (C=O) groups is 4. The van der Waals surface area contributed by atoms with Crippen molar-refractivity contribution in [3.05, 3.63) is 11.6 Å². The molecule has 0 aromatic rings. The second kappa shape index (κ2) is 14.6. The Morgan fingerprint density at radius 3 is 2.27 bits per heavy atom. The fourth-order valence-corrected chi connectivity index (χ4v) is 10.4. The summed E-state index contributed by atoms with van der Waals surface area (Å²) in [4.78, 5) is 53.2. The van der Waals surface area contributed by atoms with Crippen LogP contribution in [0.2, 0.25) is 0 Å². The molecule has 0 aromatic heterocycles. The maximum absolute atomic E-state index is 14.3. The van der Waals surface area contributed by atoms with E-state index in [1.165, 1.54) is 6.92 Å². The number of cyclic esters (lactones) is 1. The molecule has 11 heteroatoms. The number of ketones is 2. The lowest BCUT2D eigenvalue weighted by Gasteiger charge is -2.54. The predicted octanol–water partition coefficient (Wildman–Crippen LogP) is 4.23. The highest BCUT2D eigenvalue weighted by Gasteiger charge is 2.64. The highest BCUT2D eigenvalue weighted by atomic mass is 16.7. The smallest absolute Gasteiger partial charge is 0.306 e. The van der Waals surface area contributed by atoms with E-state index >= 15 is 0 Å². The summed E-state index contributed by atoms with van der Waals surface area (Å²) in [6, 6.07) is 0. The molecule has 11 nitrogen and oxygen atoms in total. The summed E-state index contributed by atoms with van der Waals surface area (Å²) >= 11 is 0. The Morgan fingerprint density at radius 2 is 1.62 bits per heavy atom. The molecule has 2 aliphatic heterocycles. The van der Waals surface area contributed by atoms with Crippen LogP contribution in [0.1, 0.15) is 79.1 Å². The monoisotopic (exact) mass is 674 g/mol. The van der Waals surface area contributed by atoms with Crippen molar-refractivity contribution in [3.8, 4) is 0 Å². The predicted molar refractivity (Wildman–Crippen MR) is 171 cm³/mol. The van der Waals surface area contributed by atoms with Gasteiger partial charge in [0.25, 0.3) is 0 Å². The maximum Gasteiger partial charge on any atom is 0.306 e. The molecule has 2 unspecified atom stereocenters. The van der Waals surface area contributed by atoms with Gasteiger partial charge in [-0.2, -0.15) is 0 Å². The van der Waals surface area contributed by atoms with E-state index < -0.39 is 30.4 Å². The molecular formula is C37H54O11. The van der Waals surface area contributed by atoms with Gasteiger partial charge in [0, 0.05) is 46.5 Å². The first-order valence-corrected chi connectivity index (χ1v) is 18.1. The Bertz CT molecular complexity index is 1260. The number of ether oxygens (including phenoxy) is 7. The Hall–Kier alpha value is -2.18. The van der Waals surface area contributed by atoms with Gasteiger partial charge in [-0.15, -0.1) is 0 Å². The third kappa shape index (κ3) is 6.43. The van der Waals surface area contributed by atoms with Gasteiger partial charge in [-0.25, -0.2) is 0 Å². The van der Waals surface area contributed by atoms with Crippen LogP contribution in [0.4, 0.5) is 0 Å². The molecule has 268 valence electrons. The molecular weight excluding hydrogens is 620 g/mol. The highest BCUT2D eigenvalue weighted by Crippen LogP contribution is 2.65. The molecule has 6 rings (SSSR count). The summed E-state index contributed by atoms with van der Waals surface area (Å²) in [5.74, 6) is -1.19. The summed E-state index contributed by atoms with van der Waals surface area (Å²) in [5.41, 5.74) is 0.640. The molecule has 2 saturated heterocycles. The van der Waals surface area contributed by atoms with E-state index in [-0.39, 0.29) is 95.9 Å². The number of rotatable bonds is 7. The van der Waals surface area contributed by atoms with Gasteiger partial charge >= 0.3 is 11.9 Å². The second-order valence-electron chi connectivity index (χ2n) is 15.1. The number of carbonyl (C=O) groups excluding carboxylic acids is 4. The fraction of sp³-hybridized carbons (Fsp3) is 0.838. The average Bonchev–Trinajstić information content (AvgIpc) is 3.61. The molecule has 4 aliphatic carbocycles. The summed E-state index contributed by atoms with van der Waals surface area (Å²) < 4.78 is 41.9. The van der Waals surface area contributed by atoms with Gasteiger partial charge in [-0.1, -0.05) is 19.9 Å². The van der Waals surface area contributed by atoms with E-state index in [0.29, 0.717) is 50.5 Å². The van der Waals surface area contributed by atoms with Crippen molar-refractivity contribution in [3.63, 3.8) is 0 Å². The van der Waals surface area contributed by atoms with Gasteiger partial charge in [-0.05, 0) is 80.6 Å². The average molecular weight is 675 g/mol. The lowest BCUT2D eigenvalue weighted by molar-refractivity contribution is -0.314. The molecule has 0 N–H and O–H groups in total. The van der Waals surface area contributed by atoms with E-state index in [9.17, 15) is 19.2 Å². The molecule has 48 heavy (non-hydrogen) atoms. The van der Waals surface area contributed by atoms with Crippen LogP contribution in [0.5, 0.6) is 0 Å². The fourth-order valence-electron chi connectivity index (χ4n) is 10.4. The molecule has 6 aliphatic rings. The molecule has 3 saturated carbocycles. The van der Waals surface area contributed by atoms with Crippen molar-refractivity contribution in [2.45, 2.75) is 128 Å². The topological polar surface area (TPSA) is 133 Å². The van der Waals surface area contributed by atoms with Gasteiger partial charge in [0.05, 0.1) is 24.5 Å². The van der Waals surface area contributed by atoms with E-state index in [2.05, 4.69) is 6.08 Å². The van der Waals surface area contributed by atoms with E-state index in [0.717, 1.165) is 0 Å². The van der Waals surface area contributed by atoms with E-state index in [1.807, 2.05) is 20.8 Å². The molecule has 0 bridgehead atoms. The SMILES string of the molecule is CC[C@H]1CCC[C@H](OC(C)=O)[C@@H](C)C(=O)C2=C[C@H]3[C@@H]4C[C@H](O[C@@H]5OC(C)[C@H](OC)C(OC)[C@@H]5OC)C[C@H]4[C@@H]4C(=O)C[C@@H]4[C@H]3[C@@H]2CC(=O)O1. The van der Waals surface area contributed by atoms with Gasteiger partial charge < -0.3 is 33.2 Å². The minimum Gasteiger partial charge on any atom is -0.462 e.